The standard InChI is InChI=1S/C9H16N2S/c1-11(7-8-12)6-4-9-3-2-5-10-9/h2-3,5,10,12H,4,6-8H2,1H3. The van der Waals surface area contributed by atoms with E-state index >= 15 is 0 Å². The van der Waals surface area contributed by atoms with Crippen molar-refractivity contribution in [2.24, 2.45) is 0 Å². The van der Waals surface area contributed by atoms with Crippen molar-refractivity contribution in [1.82, 2.24) is 9.88 Å². The summed E-state index contributed by atoms with van der Waals surface area (Å²) in [6.45, 7) is 2.16. The molecule has 0 spiro atoms. The van der Waals surface area contributed by atoms with Gasteiger partial charge in [0.1, 0.15) is 0 Å². The van der Waals surface area contributed by atoms with E-state index in [2.05, 4.69) is 35.6 Å². The molecule has 1 N–H and O–H groups in total. The third kappa shape index (κ3) is 3.32. The molecule has 12 heavy (non-hydrogen) atoms. The molecule has 1 rings (SSSR count). The molecule has 0 aliphatic heterocycles. The van der Waals surface area contributed by atoms with E-state index in [0.29, 0.717) is 0 Å². The van der Waals surface area contributed by atoms with Gasteiger partial charge in [-0.1, -0.05) is 0 Å². The van der Waals surface area contributed by atoms with Crippen molar-refractivity contribution < 1.29 is 0 Å². The quantitative estimate of drug-likeness (QED) is 0.663. The third-order valence-corrected chi connectivity index (χ3v) is 2.11. The molecular formula is C9H16N2S. The van der Waals surface area contributed by atoms with E-state index in [1.165, 1.54) is 5.69 Å². The number of aromatic amines is 1. The van der Waals surface area contributed by atoms with Gasteiger partial charge in [0.25, 0.3) is 0 Å². The number of nitrogens with zero attached hydrogens (tertiary/aromatic N) is 1. The van der Waals surface area contributed by atoms with E-state index in [1.807, 2.05) is 12.3 Å². The summed E-state index contributed by atoms with van der Waals surface area (Å²) >= 11 is 4.18. The van der Waals surface area contributed by atoms with Crippen molar-refractivity contribution in [2.75, 3.05) is 25.9 Å². The summed E-state index contributed by atoms with van der Waals surface area (Å²) in [5, 5.41) is 0. The van der Waals surface area contributed by atoms with Crippen LogP contribution in [0.3, 0.4) is 0 Å². The molecule has 1 heterocycles. The summed E-state index contributed by atoms with van der Waals surface area (Å²) in [4.78, 5) is 5.47. The Morgan fingerprint density at radius 3 is 2.92 bits per heavy atom. The summed E-state index contributed by atoms with van der Waals surface area (Å²) in [6, 6.07) is 4.16. The van der Waals surface area contributed by atoms with Gasteiger partial charge >= 0.3 is 0 Å². The zero-order chi connectivity index (χ0) is 8.81. The highest BCUT2D eigenvalue weighted by Gasteiger charge is 1.97. The van der Waals surface area contributed by atoms with Gasteiger partial charge in [0, 0.05) is 37.2 Å². The lowest BCUT2D eigenvalue weighted by molar-refractivity contribution is 0.359. The predicted octanol–water partition coefficient (Wildman–Crippen LogP) is 1.42. The first-order chi connectivity index (χ1) is 5.83. The zero-order valence-corrected chi connectivity index (χ0v) is 8.35. The molecule has 2 nitrogen and oxygen atoms in total. The highest BCUT2D eigenvalue weighted by atomic mass is 32.1. The first-order valence-electron chi connectivity index (χ1n) is 4.24. The molecule has 0 aliphatic carbocycles. The fourth-order valence-electron chi connectivity index (χ4n) is 1.12. The van der Waals surface area contributed by atoms with Crippen LogP contribution < -0.4 is 0 Å². The molecule has 0 fully saturated rings. The number of thiol groups is 1. The van der Waals surface area contributed by atoms with Crippen molar-refractivity contribution >= 4 is 12.6 Å². The summed E-state index contributed by atoms with van der Waals surface area (Å²) < 4.78 is 0. The minimum atomic E-state index is 0.932. The van der Waals surface area contributed by atoms with E-state index < -0.39 is 0 Å². The lowest BCUT2D eigenvalue weighted by atomic mass is 10.3. The highest BCUT2D eigenvalue weighted by molar-refractivity contribution is 7.80. The van der Waals surface area contributed by atoms with Gasteiger partial charge in [0.15, 0.2) is 0 Å². The Morgan fingerprint density at radius 1 is 1.50 bits per heavy atom. The third-order valence-electron chi connectivity index (χ3n) is 1.91. The lowest BCUT2D eigenvalue weighted by Gasteiger charge is -2.13. The van der Waals surface area contributed by atoms with Gasteiger partial charge < -0.3 is 9.88 Å². The maximum Gasteiger partial charge on any atom is 0.0159 e. The Hall–Kier alpha value is -0.410. The Balaban J connectivity index is 2.17. The van der Waals surface area contributed by atoms with E-state index in [4.69, 9.17) is 0 Å². The van der Waals surface area contributed by atoms with Gasteiger partial charge in [-0.25, -0.2) is 0 Å². The van der Waals surface area contributed by atoms with Crippen molar-refractivity contribution in [3.8, 4) is 0 Å². The monoisotopic (exact) mass is 184 g/mol. The van der Waals surface area contributed by atoms with Crippen LogP contribution in [0.4, 0.5) is 0 Å². The van der Waals surface area contributed by atoms with Gasteiger partial charge in [-0.2, -0.15) is 12.6 Å². The number of hydrogen-bond acceptors (Lipinski definition) is 2. The molecule has 0 unspecified atom stereocenters. The second-order valence-electron chi connectivity index (χ2n) is 2.97. The number of aromatic nitrogens is 1. The van der Waals surface area contributed by atoms with Crippen molar-refractivity contribution in [1.29, 1.82) is 0 Å². The maximum atomic E-state index is 4.18. The van der Waals surface area contributed by atoms with Crippen LogP contribution in [0.2, 0.25) is 0 Å². The Labute approximate surface area is 79.4 Å². The minimum absolute atomic E-state index is 0.932. The average molecular weight is 184 g/mol. The van der Waals surface area contributed by atoms with Crippen LogP contribution in [0.15, 0.2) is 18.3 Å². The van der Waals surface area contributed by atoms with E-state index in [9.17, 15) is 0 Å². The van der Waals surface area contributed by atoms with E-state index in [1.54, 1.807) is 0 Å². The van der Waals surface area contributed by atoms with Crippen molar-refractivity contribution in [3.63, 3.8) is 0 Å². The van der Waals surface area contributed by atoms with E-state index in [-0.39, 0.29) is 0 Å². The maximum absolute atomic E-state index is 4.18. The van der Waals surface area contributed by atoms with Crippen LogP contribution in [0, 0.1) is 0 Å². The van der Waals surface area contributed by atoms with Crippen LogP contribution in [-0.2, 0) is 6.42 Å². The van der Waals surface area contributed by atoms with Gasteiger partial charge in [0.2, 0.25) is 0 Å². The largest absolute Gasteiger partial charge is 0.365 e. The molecule has 3 heteroatoms. The second kappa shape index (κ2) is 5.27. The highest BCUT2D eigenvalue weighted by Crippen LogP contribution is 1.96. The Morgan fingerprint density at radius 2 is 2.33 bits per heavy atom. The van der Waals surface area contributed by atoms with Crippen LogP contribution in [0.25, 0.3) is 0 Å². The fraction of sp³-hybridized carbons (Fsp3) is 0.556. The first kappa shape index (κ1) is 9.68. The SMILES string of the molecule is CN(CCS)CCc1ccc[nH]1. The number of hydrogen-bond donors (Lipinski definition) is 2. The fourth-order valence-corrected chi connectivity index (χ4v) is 1.46. The number of nitrogens with one attached hydrogen (secondary N) is 1. The normalized spacial score (nSPS) is 10.9. The summed E-state index contributed by atoms with van der Waals surface area (Å²) in [5.74, 6) is 0.932. The summed E-state index contributed by atoms with van der Waals surface area (Å²) in [7, 11) is 2.12. The average Bonchev–Trinajstić information content (AvgIpc) is 2.53. The number of H-pyrrole nitrogens is 1. The van der Waals surface area contributed by atoms with Gasteiger partial charge in [0.05, 0.1) is 0 Å². The molecule has 1 aromatic heterocycles. The zero-order valence-electron chi connectivity index (χ0n) is 7.45. The Bertz CT molecular complexity index is 196. The molecule has 68 valence electrons. The van der Waals surface area contributed by atoms with Gasteiger partial charge in [-0.3, -0.25) is 0 Å². The topological polar surface area (TPSA) is 19.0 Å². The molecule has 0 saturated carbocycles. The van der Waals surface area contributed by atoms with Gasteiger partial charge in [-0.15, -0.1) is 0 Å². The smallest absolute Gasteiger partial charge is 0.0159 e. The summed E-state index contributed by atoms with van der Waals surface area (Å²) in [6.07, 6.45) is 3.06. The second-order valence-corrected chi connectivity index (χ2v) is 3.42. The predicted molar refractivity (Wildman–Crippen MR) is 55.8 cm³/mol. The lowest BCUT2D eigenvalue weighted by Crippen LogP contribution is -2.23. The molecule has 1 aromatic rings. The molecule has 0 bridgehead atoms. The minimum Gasteiger partial charge on any atom is -0.365 e. The molecule has 0 aliphatic rings. The Kier molecular flexibility index (Phi) is 4.25. The van der Waals surface area contributed by atoms with Crippen molar-refractivity contribution in [2.45, 2.75) is 6.42 Å². The molecular weight excluding hydrogens is 168 g/mol. The van der Waals surface area contributed by atoms with Crippen LogP contribution >= 0.6 is 12.6 Å². The van der Waals surface area contributed by atoms with Gasteiger partial charge in [-0.05, 0) is 19.2 Å². The summed E-state index contributed by atoms with van der Waals surface area (Å²) in [5.41, 5.74) is 1.31. The molecule has 0 atom stereocenters. The van der Waals surface area contributed by atoms with Crippen molar-refractivity contribution in [3.05, 3.63) is 24.0 Å². The first-order valence-corrected chi connectivity index (χ1v) is 4.88. The molecule has 0 aromatic carbocycles. The van der Waals surface area contributed by atoms with Crippen LogP contribution in [0.1, 0.15) is 5.69 Å². The molecule has 0 saturated heterocycles. The van der Waals surface area contributed by atoms with Crippen LogP contribution in [0.5, 0.6) is 0 Å². The van der Waals surface area contributed by atoms with E-state index in [0.717, 1.165) is 25.3 Å². The molecule has 0 amide bonds. The molecule has 0 radical (unpaired) electrons. The number of rotatable bonds is 5. The number of likely N-dealkylation sites (N-methyl/N-ethyl adjacent to an activating group) is 1. The van der Waals surface area contributed by atoms with Crippen LogP contribution in [-0.4, -0.2) is 35.8 Å².